The van der Waals surface area contributed by atoms with E-state index in [0.29, 0.717) is 11.3 Å². The minimum Gasteiger partial charge on any atom is -0.297 e. The lowest BCUT2D eigenvalue weighted by atomic mass is 10.1. The predicted molar refractivity (Wildman–Crippen MR) is 79.2 cm³/mol. The van der Waals surface area contributed by atoms with Gasteiger partial charge in [-0.1, -0.05) is 30.3 Å². The highest BCUT2D eigenvalue weighted by molar-refractivity contribution is 5.99. The molecule has 0 aliphatic rings. The van der Waals surface area contributed by atoms with Crippen LogP contribution in [0.1, 0.15) is 10.4 Å². The summed E-state index contributed by atoms with van der Waals surface area (Å²) in [7, 11) is 0. The van der Waals surface area contributed by atoms with Gasteiger partial charge in [0.25, 0.3) is 5.91 Å². The summed E-state index contributed by atoms with van der Waals surface area (Å²) in [5, 5.41) is 2.07. The van der Waals surface area contributed by atoms with Crippen LogP contribution >= 0.6 is 0 Å². The zero-order valence-electron chi connectivity index (χ0n) is 11.0. The number of nitrogens with one attached hydrogen (secondary N) is 2. The number of aromatic nitrogens is 1. The summed E-state index contributed by atoms with van der Waals surface area (Å²) in [5.74, 6) is -0.841. The molecular formula is C16H12FN3O. The van der Waals surface area contributed by atoms with E-state index in [1.165, 1.54) is 18.3 Å². The maximum absolute atomic E-state index is 12.7. The van der Waals surface area contributed by atoms with Crippen molar-refractivity contribution in [2.45, 2.75) is 0 Å². The van der Waals surface area contributed by atoms with Crippen LogP contribution in [0.4, 0.5) is 10.1 Å². The molecule has 2 aromatic carbocycles. The van der Waals surface area contributed by atoms with E-state index in [2.05, 4.69) is 15.8 Å². The third kappa shape index (κ3) is 2.97. The first kappa shape index (κ1) is 13.1. The molecule has 3 rings (SSSR count). The molecule has 0 spiro atoms. The van der Waals surface area contributed by atoms with Crippen molar-refractivity contribution >= 4 is 22.4 Å². The van der Waals surface area contributed by atoms with Gasteiger partial charge in [0, 0.05) is 5.56 Å². The first-order valence-corrected chi connectivity index (χ1v) is 6.39. The van der Waals surface area contributed by atoms with Crippen LogP contribution in [0, 0.1) is 5.95 Å². The molecule has 0 bridgehead atoms. The van der Waals surface area contributed by atoms with Crippen molar-refractivity contribution in [3.63, 3.8) is 0 Å². The average molecular weight is 281 g/mol. The minimum atomic E-state index is -0.568. The zero-order chi connectivity index (χ0) is 14.7. The molecule has 0 aliphatic carbocycles. The van der Waals surface area contributed by atoms with Gasteiger partial charge in [0.05, 0.1) is 11.9 Å². The lowest BCUT2D eigenvalue weighted by molar-refractivity contribution is 0.0963. The number of carbonyl (C=O) groups is 1. The van der Waals surface area contributed by atoms with Crippen molar-refractivity contribution in [3.05, 3.63) is 72.3 Å². The van der Waals surface area contributed by atoms with E-state index in [0.717, 1.165) is 10.8 Å². The van der Waals surface area contributed by atoms with Crippen LogP contribution < -0.4 is 10.9 Å². The lowest BCUT2D eigenvalue weighted by Crippen LogP contribution is -2.29. The number of anilines is 1. The number of amides is 1. The lowest BCUT2D eigenvalue weighted by Gasteiger charge is -2.08. The number of rotatable bonds is 3. The van der Waals surface area contributed by atoms with E-state index in [9.17, 15) is 9.18 Å². The fourth-order valence-corrected chi connectivity index (χ4v) is 1.98. The van der Waals surface area contributed by atoms with Crippen molar-refractivity contribution in [1.29, 1.82) is 0 Å². The van der Waals surface area contributed by atoms with Crippen molar-refractivity contribution in [1.82, 2.24) is 10.4 Å². The van der Waals surface area contributed by atoms with Gasteiger partial charge in [-0.25, -0.2) is 4.98 Å². The molecule has 0 fully saturated rings. The Balaban J connectivity index is 1.73. The van der Waals surface area contributed by atoms with E-state index in [1.807, 2.05) is 36.4 Å². The highest BCUT2D eigenvalue weighted by atomic mass is 19.1. The number of fused-ring (bicyclic) bond motifs is 1. The highest BCUT2D eigenvalue weighted by Crippen LogP contribution is 2.15. The number of nitrogens with zero attached hydrogens (tertiary/aromatic N) is 1. The number of pyridine rings is 1. The van der Waals surface area contributed by atoms with Gasteiger partial charge >= 0.3 is 0 Å². The Labute approximate surface area is 120 Å². The van der Waals surface area contributed by atoms with Gasteiger partial charge in [-0.15, -0.1) is 0 Å². The summed E-state index contributed by atoms with van der Waals surface area (Å²) in [6.07, 6.45) is 1.30. The van der Waals surface area contributed by atoms with Crippen LogP contribution in [0.15, 0.2) is 60.8 Å². The number of hydrazine groups is 1. The molecule has 104 valence electrons. The van der Waals surface area contributed by atoms with E-state index in [1.54, 1.807) is 6.07 Å². The van der Waals surface area contributed by atoms with Crippen LogP contribution in [0.2, 0.25) is 0 Å². The second-order valence-corrected chi connectivity index (χ2v) is 4.51. The number of benzene rings is 2. The molecule has 0 radical (unpaired) electrons. The van der Waals surface area contributed by atoms with E-state index < -0.39 is 5.95 Å². The maximum Gasteiger partial charge on any atom is 0.269 e. The molecule has 0 saturated heterocycles. The molecular weight excluding hydrogens is 269 g/mol. The highest BCUT2D eigenvalue weighted by Gasteiger charge is 2.06. The van der Waals surface area contributed by atoms with Gasteiger partial charge < -0.3 is 0 Å². The summed E-state index contributed by atoms with van der Waals surface area (Å²) in [6, 6.07) is 16.0. The third-order valence-electron chi connectivity index (χ3n) is 3.06. The van der Waals surface area contributed by atoms with Gasteiger partial charge in [-0.3, -0.25) is 15.6 Å². The largest absolute Gasteiger partial charge is 0.297 e. The fraction of sp³-hybridized carbons (Fsp3) is 0. The van der Waals surface area contributed by atoms with Crippen LogP contribution in [-0.2, 0) is 0 Å². The fourth-order valence-electron chi connectivity index (χ4n) is 1.98. The number of hydrogen-bond donors (Lipinski definition) is 2. The van der Waals surface area contributed by atoms with Gasteiger partial charge in [0.1, 0.15) is 0 Å². The Morgan fingerprint density at radius 1 is 1.00 bits per heavy atom. The molecule has 1 heterocycles. The molecule has 0 unspecified atom stereocenters. The average Bonchev–Trinajstić information content (AvgIpc) is 2.53. The Kier molecular flexibility index (Phi) is 3.47. The van der Waals surface area contributed by atoms with Crippen molar-refractivity contribution in [2.75, 3.05) is 5.43 Å². The summed E-state index contributed by atoms with van der Waals surface area (Å²) >= 11 is 0. The number of halogens is 1. The predicted octanol–water partition coefficient (Wildman–Crippen LogP) is 3.13. The van der Waals surface area contributed by atoms with Gasteiger partial charge in [-0.05, 0) is 35.0 Å². The van der Waals surface area contributed by atoms with Crippen LogP contribution in [-0.4, -0.2) is 10.9 Å². The smallest absolute Gasteiger partial charge is 0.269 e. The summed E-state index contributed by atoms with van der Waals surface area (Å²) in [6.45, 7) is 0. The number of carbonyl (C=O) groups excluding carboxylic acids is 1. The van der Waals surface area contributed by atoms with E-state index >= 15 is 0 Å². The van der Waals surface area contributed by atoms with Crippen molar-refractivity contribution in [3.8, 4) is 0 Å². The molecule has 4 nitrogen and oxygen atoms in total. The summed E-state index contributed by atoms with van der Waals surface area (Å²) in [5.41, 5.74) is 6.28. The standard InChI is InChI=1S/C16H12FN3O/c17-15-8-7-14(10-18-15)19-20-16(21)13-6-5-11-3-1-2-4-12(11)9-13/h1-10,19H,(H,20,21). The monoisotopic (exact) mass is 281 g/mol. The Morgan fingerprint density at radius 3 is 2.57 bits per heavy atom. The Morgan fingerprint density at radius 2 is 1.81 bits per heavy atom. The summed E-state index contributed by atoms with van der Waals surface area (Å²) in [4.78, 5) is 15.6. The molecule has 0 aliphatic heterocycles. The van der Waals surface area contributed by atoms with Crippen molar-refractivity contribution in [2.24, 2.45) is 0 Å². The van der Waals surface area contributed by atoms with E-state index in [4.69, 9.17) is 0 Å². The van der Waals surface area contributed by atoms with Crippen molar-refractivity contribution < 1.29 is 9.18 Å². The maximum atomic E-state index is 12.7. The van der Waals surface area contributed by atoms with Crippen LogP contribution in [0.25, 0.3) is 10.8 Å². The molecule has 3 aromatic rings. The molecule has 5 heteroatoms. The molecule has 1 aromatic heterocycles. The molecule has 21 heavy (non-hydrogen) atoms. The van der Waals surface area contributed by atoms with Crippen LogP contribution in [0.3, 0.4) is 0 Å². The van der Waals surface area contributed by atoms with Gasteiger partial charge in [-0.2, -0.15) is 4.39 Å². The number of hydrogen-bond acceptors (Lipinski definition) is 3. The van der Waals surface area contributed by atoms with Gasteiger partial charge in [0.2, 0.25) is 5.95 Å². The Bertz CT molecular complexity index is 787. The minimum absolute atomic E-state index is 0.273. The molecule has 0 saturated carbocycles. The second-order valence-electron chi connectivity index (χ2n) is 4.51. The Hall–Kier alpha value is -2.95. The normalized spacial score (nSPS) is 10.3. The van der Waals surface area contributed by atoms with Crippen LogP contribution in [0.5, 0.6) is 0 Å². The molecule has 0 atom stereocenters. The first-order chi connectivity index (χ1) is 10.2. The molecule has 1 amide bonds. The first-order valence-electron chi connectivity index (χ1n) is 6.39. The van der Waals surface area contributed by atoms with Gasteiger partial charge in [0.15, 0.2) is 0 Å². The molecule has 2 N–H and O–H groups in total. The SMILES string of the molecule is O=C(NNc1ccc(F)nc1)c1ccc2ccccc2c1. The topological polar surface area (TPSA) is 54.0 Å². The third-order valence-corrected chi connectivity index (χ3v) is 3.06. The quantitative estimate of drug-likeness (QED) is 0.573. The summed E-state index contributed by atoms with van der Waals surface area (Å²) < 4.78 is 12.7. The second kappa shape index (κ2) is 5.58. The zero-order valence-corrected chi connectivity index (χ0v) is 11.0. The van der Waals surface area contributed by atoms with E-state index in [-0.39, 0.29) is 5.91 Å².